The quantitative estimate of drug-likeness (QED) is 0.816. The topological polar surface area (TPSA) is 50.6 Å². The van der Waals surface area contributed by atoms with Gasteiger partial charge in [-0.1, -0.05) is 12.1 Å². The fourth-order valence-corrected chi connectivity index (χ4v) is 4.34. The Morgan fingerprint density at radius 2 is 1.96 bits per heavy atom. The number of rotatable bonds is 4. The van der Waals surface area contributed by atoms with Crippen molar-refractivity contribution in [1.29, 1.82) is 0 Å². The number of hydrogen-bond donors (Lipinski definition) is 0. The highest BCUT2D eigenvalue weighted by Crippen LogP contribution is 2.25. The van der Waals surface area contributed by atoms with E-state index < -0.39 is 0 Å². The summed E-state index contributed by atoms with van der Waals surface area (Å²) in [5.41, 5.74) is 5.02. The van der Waals surface area contributed by atoms with Crippen LogP contribution in [-0.4, -0.2) is 70.9 Å². The van der Waals surface area contributed by atoms with Crippen molar-refractivity contribution in [3.8, 4) is 5.69 Å². The fourth-order valence-electron chi connectivity index (χ4n) is 4.34. The van der Waals surface area contributed by atoms with Crippen LogP contribution >= 0.6 is 0 Å². The van der Waals surface area contributed by atoms with Gasteiger partial charge >= 0.3 is 0 Å². The van der Waals surface area contributed by atoms with Crippen molar-refractivity contribution in [1.82, 2.24) is 19.6 Å². The third kappa shape index (κ3) is 3.71. The molecule has 4 rings (SSSR count). The highest BCUT2D eigenvalue weighted by atomic mass is 16.5. The number of nitrogens with zero attached hydrogens (tertiary/aromatic N) is 4. The van der Waals surface area contributed by atoms with Crippen molar-refractivity contribution >= 4 is 5.91 Å². The highest BCUT2D eigenvalue weighted by molar-refractivity contribution is 5.95. The molecule has 2 aliphatic rings. The minimum atomic E-state index is 0.116. The lowest BCUT2D eigenvalue weighted by Crippen LogP contribution is -2.46. The monoisotopic (exact) mass is 382 g/mol. The zero-order valence-corrected chi connectivity index (χ0v) is 17.1. The first-order valence-corrected chi connectivity index (χ1v) is 10.3. The zero-order chi connectivity index (χ0) is 19.7. The first-order valence-electron chi connectivity index (χ1n) is 10.3. The molecule has 2 fully saturated rings. The lowest BCUT2D eigenvalue weighted by Gasteiger charge is -2.32. The number of carbonyl (C=O) groups excluding carboxylic acids is 1. The predicted octanol–water partition coefficient (Wildman–Crippen LogP) is 2.73. The minimum Gasteiger partial charge on any atom is -0.379 e. The summed E-state index contributed by atoms with van der Waals surface area (Å²) in [5, 5.41) is 4.56. The van der Waals surface area contributed by atoms with E-state index in [1.807, 2.05) is 11.6 Å². The van der Waals surface area contributed by atoms with Gasteiger partial charge in [0.2, 0.25) is 0 Å². The van der Waals surface area contributed by atoms with E-state index in [2.05, 4.69) is 46.9 Å². The normalized spacial score (nSPS) is 20.7. The molecular formula is C22H30N4O2. The average molecular weight is 383 g/mol. The molecule has 2 saturated heterocycles. The molecule has 0 spiro atoms. The van der Waals surface area contributed by atoms with Crippen LogP contribution in [0.15, 0.2) is 24.4 Å². The van der Waals surface area contributed by atoms with Gasteiger partial charge in [-0.15, -0.1) is 0 Å². The maximum atomic E-state index is 13.3. The maximum Gasteiger partial charge on any atom is 0.257 e. The molecule has 3 heterocycles. The van der Waals surface area contributed by atoms with Crippen LogP contribution in [0.4, 0.5) is 0 Å². The number of aryl methyl sites for hydroxylation is 2. The Bertz CT molecular complexity index is 854. The Morgan fingerprint density at radius 1 is 1.18 bits per heavy atom. The lowest BCUT2D eigenvalue weighted by molar-refractivity contribution is 0.0261. The SMILES string of the molecule is Cc1ccc(C)c(-n2ncc(C(=O)N3CCCC3CN3CCOCC3)c2C)c1. The van der Waals surface area contributed by atoms with E-state index in [4.69, 9.17) is 4.74 Å². The molecule has 28 heavy (non-hydrogen) atoms. The van der Waals surface area contributed by atoms with E-state index >= 15 is 0 Å². The predicted molar refractivity (Wildman–Crippen MR) is 109 cm³/mol. The summed E-state index contributed by atoms with van der Waals surface area (Å²) in [5.74, 6) is 0.116. The standard InChI is InChI=1S/C22H30N4O2/c1-16-6-7-17(2)21(13-16)26-18(3)20(14-23-26)22(27)25-8-4-5-19(25)15-24-9-11-28-12-10-24/h6-7,13-14,19H,4-5,8-12,15H2,1-3H3. The number of amides is 1. The van der Waals surface area contributed by atoms with Crippen LogP contribution in [0.2, 0.25) is 0 Å². The van der Waals surface area contributed by atoms with Gasteiger partial charge in [-0.05, 0) is 50.8 Å². The van der Waals surface area contributed by atoms with Gasteiger partial charge in [0, 0.05) is 32.2 Å². The van der Waals surface area contributed by atoms with E-state index in [0.717, 1.165) is 74.7 Å². The van der Waals surface area contributed by atoms with Crippen LogP contribution in [0.3, 0.4) is 0 Å². The van der Waals surface area contributed by atoms with Crippen LogP contribution in [0.1, 0.15) is 40.0 Å². The van der Waals surface area contributed by atoms with Crippen LogP contribution in [0, 0.1) is 20.8 Å². The molecule has 6 nitrogen and oxygen atoms in total. The Labute approximate surface area is 167 Å². The van der Waals surface area contributed by atoms with E-state index in [-0.39, 0.29) is 11.9 Å². The number of likely N-dealkylation sites (tertiary alicyclic amines) is 1. The zero-order valence-electron chi connectivity index (χ0n) is 17.1. The van der Waals surface area contributed by atoms with Crippen LogP contribution in [0.25, 0.3) is 5.69 Å². The van der Waals surface area contributed by atoms with Crippen molar-refractivity contribution in [2.75, 3.05) is 39.4 Å². The van der Waals surface area contributed by atoms with Gasteiger partial charge in [-0.3, -0.25) is 9.69 Å². The Balaban J connectivity index is 1.54. The van der Waals surface area contributed by atoms with Gasteiger partial charge in [0.1, 0.15) is 0 Å². The summed E-state index contributed by atoms with van der Waals surface area (Å²) in [6.45, 7) is 11.4. The summed E-state index contributed by atoms with van der Waals surface area (Å²) in [6, 6.07) is 6.62. The molecular weight excluding hydrogens is 352 g/mol. The van der Waals surface area contributed by atoms with Gasteiger partial charge in [0.05, 0.1) is 36.4 Å². The van der Waals surface area contributed by atoms with Crippen LogP contribution < -0.4 is 0 Å². The summed E-state index contributed by atoms with van der Waals surface area (Å²) < 4.78 is 7.36. The Kier molecular flexibility index (Phi) is 5.51. The number of benzene rings is 1. The minimum absolute atomic E-state index is 0.116. The third-order valence-corrected chi connectivity index (χ3v) is 6.04. The van der Waals surface area contributed by atoms with E-state index in [0.29, 0.717) is 0 Å². The second-order valence-electron chi connectivity index (χ2n) is 8.05. The third-order valence-electron chi connectivity index (χ3n) is 6.04. The van der Waals surface area contributed by atoms with Gasteiger partial charge in [0.25, 0.3) is 5.91 Å². The molecule has 1 unspecified atom stereocenters. The van der Waals surface area contributed by atoms with Crippen molar-refractivity contribution in [2.45, 2.75) is 39.7 Å². The fraction of sp³-hybridized carbons (Fsp3) is 0.545. The Morgan fingerprint density at radius 3 is 2.75 bits per heavy atom. The first kappa shape index (κ1) is 19.2. The molecule has 150 valence electrons. The Hall–Kier alpha value is -2.18. The molecule has 0 N–H and O–H groups in total. The van der Waals surface area contributed by atoms with Crippen LogP contribution in [0.5, 0.6) is 0 Å². The molecule has 6 heteroatoms. The van der Waals surface area contributed by atoms with E-state index in [1.165, 1.54) is 5.56 Å². The summed E-state index contributed by atoms with van der Waals surface area (Å²) in [6.07, 6.45) is 3.89. The number of carbonyl (C=O) groups is 1. The molecule has 1 amide bonds. The maximum absolute atomic E-state index is 13.3. The molecule has 0 bridgehead atoms. The van der Waals surface area contributed by atoms with E-state index in [1.54, 1.807) is 6.20 Å². The van der Waals surface area contributed by atoms with Crippen molar-refractivity contribution in [2.24, 2.45) is 0 Å². The number of morpholine rings is 1. The van der Waals surface area contributed by atoms with Gasteiger partial charge in [-0.2, -0.15) is 5.10 Å². The smallest absolute Gasteiger partial charge is 0.257 e. The molecule has 1 aromatic heterocycles. The number of ether oxygens (including phenoxy) is 1. The summed E-state index contributed by atoms with van der Waals surface area (Å²) in [4.78, 5) is 17.8. The van der Waals surface area contributed by atoms with Crippen molar-refractivity contribution < 1.29 is 9.53 Å². The van der Waals surface area contributed by atoms with Gasteiger partial charge in [0.15, 0.2) is 0 Å². The second kappa shape index (κ2) is 8.05. The largest absolute Gasteiger partial charge is 0.379 e. The number of aromatic nitrogens is 2. The first-order chi connectivity index (χ1) is 13.5. The summed E-state index contributed by atoms with van der Waals surface area (Å²) >= 11 is 0. The summed E-state index contributed by atoms with van der Waals surface area (Å²) in [7, 11) is 0. The molecule has 0 radical (unpaired) electrons. The van der Waals surface area contributed by atoms with Crippen molar-refractivity contribution in [3.05, 3.63) is 46.8 Å². The highest BCUT2D eigenvalue weighted by Gasteiger charge is 2.32. The molecule has 0 saturated carbocycles. The van der Waals surface area contributed by atoms with E-state index in [9.17, 15) is 4.79 Å². The average Bonchev–Trinajstić information content (AvgIpc) is 3.31. The molecule has 2 aromatic rings. The molecule has 1 aromatic carbocycles. The lowest BCUT2D eigenvalue weighted by atomic mass is 10.1. The second-order valence-corrected chi connectivity index (χ2v) is 8.05. The van der Waals surface area contributed by atoms with Crippen molar-refractivity contribution in [3.63, 3.8) is 0 Å². The van der Waals surface area contributed by atoms with Gasteiger partial charge < -0.3 is 9.64 Å². The molecule has 2 aliphatic heterocycles. The number of hydrogen-bond acceptors (Lipinski definition) is 4. The van der Waals surface area contributed by atoms with Crippen LogP contribution in [-0.2, 0) is 4.74 Å². The molecule has 0 aliphatic carbocycles. The molecule has 1 atom stereocenters. The van der Waals surface area contributed by atoms with Gasteiger partial charge in [-0.25, -0.2) is 4.68 Å².